The lowest BCUT2D eigenvalue weighted by Crippen LogP contribution is -2.49. The molecule has 1 aromatic rings. The van der Waals surface area contributed by atoms with Crippen LogP contribution in [0, 0.1) is 0 Å². The van der Waals surface area contributed by atoms with Gasteiger partial charge in [0.05, 0.1) is 0 Å². The minimum absolute atomic E-state index is 0.155. The molecular weight excluding hydrogens is 264 g/mol. The van der Waals surface area contributed by atoms with Crippen LogP contribution in [0.1, 0.15) is 25.7 Å². The summed E-state index contributed by atoms with van der Waals surface area (Å²) in [6.07, 6.45) is 5.44. The lowest BCUT2D eigenvalue weighted by Gasteiger charge is -2.34. The number of fused-ring (bicyclic) bond motifs is 1. The first kappa shape index (κ1) is 13.4. The monoisotopic (exact) mass is 288 g/mol. The number of nitrogens with one attached hydrogen (secondary N) is 1. The quantitative estimate of drug-likeness (QED) is 0.923. The van der Waals surface area contributed by atoms with Crippen molar-refractivity contribution >= 4 is 0 Å². The van der Waals surface area contributed by atoms with Crippen LogP contribution in [-0.2, 0) is 0 Å². The van der Waals surface area contributed by atoms with Gasteiger partial charge in [-0.15, -0.1) is 0 Å². The van der Waals surface area contributed by atoms with E-state index in [1.807, 2.05) is 24.3 Å². The molecule has 3 atom stereocenters. The fourth-order valence-corrected chi connectivity index (χ4v) is 3.99. The van der Waals surface area contributed by atoms with Crippen LogP contribution in [0.4, 0.5) is 0 Å². The minimum atomic E-state index is 0.155. The Morgan fingerprint density at radius 3 is 2.90 bits per heavy atom. The van der Waals surface area contributed by atoms with E-state index in [2.05, 4.69) is 10.2 Å². The molecule has 4 nitrogen and oxygen atoms in total. The Labute approximate surface area is 126 Å². The molecule has 2 fully saturated rings. The molecule has 3 aliphatic rings. The van der Waals surface area contributed by atoms with Gasteiger partial charge in [0.25, 0.3) is 0 Å². The number of ether oxygens (including phenoxy) is 2. The maximum atomic E-state index is 6.12. The Balaban J connectivity index is 1.39. The Morgan fingerprint density at radius 2 is 2.05 bits per heavy atom. The van der Waals surface area contributed by atoms with Crippen molar-refractivity contribution in [2.75, 3.05) is 26.2 Å². The van der Waals surface area contributed by atoms with Crippen molar-refractivity contribution in [3.63, 3.8) is 0 Å². The van der Waals surface area contributed by atoms with Gasteiger partial charge in [-0.05, 0) is 50.9 Å². The van der Waals surface area contributed by atoms with Crippen LogP contribution in [0.25, 0.3) is 0 Å². The summed E-state index contributed by atoms with van der Waals surface area (Å²) in [5.41, 5.74) is 0. The molecule has 0 radical (unpaired) electrons. The van der Waals surface area contributed by atoms with E-state index in [1.165, 1.54) is 38.8 Å². The molecule has 1 N–H and O–H groups in total. The predicted molar refractivity (Wildman–Crippen MR) is 82.0 cm³/mol. The molecule has 0 amide bonds. The summed E-state index contributed by atoms with van der Waals surface area (Å²) < 4.78 is 12.0. The van der Waals surface area contributed by atoms with E-state index in [0.717, 1.165) is 18.0 Å². The first-order valence-corrected chi connectivity index (χ1v) is 8.26. The standard InChI is InChI=1S/C17H24N2O2/c1-2-8-17-16(7-1)20-12-13(21-17)11-19-10-4-6-15(19)14-5-3-9-18-14/h1-2,7-8,13-15,18H,3-6,9-12H2. The molecule has 114 valence electrons. The van der Waals surface area contributed by atoms with Crippen molar-refractivity contribution in [1.82, 2.24) is 10.2 Å². The summed E-state index contributed by atoms with van der Waals surface area (Å²) in [6, 6.07) is 9.35. The Morgan fingerprint density at radius 1 is 1.14 bits per heavy atom. The van der Waals surface area contributed by atoms with Crippen molar-refractivity contribution in [3.8, 4) is 11.5 Å². The molecular formula is C17H24N2O2. The lowest BCUT2D eigenvalue weighted by molar-refractivity contribution is 0.0510. The lowest BCUT2D eigenvalue weighted by atomic mass is 10.0. The minimum Gasteiger partial charge on any atom is -0.486 e. The molecule has 3 heterocycles. The summed E-state index contributed by atoms with van der Waals surface area (Å²) in [4.78, 5) is 2.62. The molecule has 3 aliphatic heterocycles. The van der Waals surface area contributed by atoms with Gasteiger partial charge in [0.15, 0.2) is 11.5 Å². The van der Waals surface area contributed by atoms with E-state index in [4.69, 9.17) is 9.47 Å². The van der Waals surface area contributed by atoms with Gasteiger partial charge in [0, 0.05) is 18.6 Å². The van der Waals surface area contributed by atoms with Gasteiger partial charge in [0.1, 0.15) is 12.7 Å². The van der Waals surface area contributed by atoms with Crippen LogP contribution in [0.15, 0.2) is 24.3 Å². The number of hydrogen-bond donors (Lipinski definition) is 1. The smallest absolute Gasteiger partial charge is 0.161 e. The number of benzene rings is 1. The van der Waals surface area contributed by atoms with Gasteiger partial charge < -0.3 is 14.8 Å². The molecule has 0 aromatic heterocycles. The van der Waals surface area contributed by atoms with Crippen LogP contribution < -0.4 is 14.8 Å². The summed E-state index contributed by atoms with van der Waals surface area (Å²) >= 11 is 0. The number of nitrogens with zero attached hydrogens (tertiary/aromatic N) is 1. The summed E-state index contributed by atoms with van der Waals surface area (Å²) in [6.45, 7) is 4.03. The highest BCUT2D eigenvalue weighted by Crippen LogP contribution is 2.32. The maximum absolute atomic E-state index is 6.12. The van der Waals surface area contributed by atoms with Crippen molar-refractivity contribution in [2.45, 2.75) is 43.9 Å². The van der Waals surface area contributed by atoms with E-state index in [-0.39, 0.29) is 6.10 Å². The highest BCUT2D eigenvalue weighted by atomic mass is 16.6. The van der Waals surface area contributed by atoms with Crippen molar-refractivity contribution in [2.24, 2.45) is 0 Å². The highest BCUT2D eigenvalue weighted by molar-refractivity contribution is 5.40. The summed E-state index contributed by atoms with van der Waals surface area (Å²) in [5, 5.41) is 3.67. The largest absolute Gasteiger partial charge is 0.486 e. The fraction of sp³-hybridized carbons (Fsp3) is 0.647. The molecule has 0 spiro atoms. The Hall–Kier alpha value is -1.26. The van der Waals surface area contributed by atoms with Crippen LogP contribution >= 0.6 is 0 Å². The predicted octanol–water partition coefficient (Wildman–Crippen LogP) is 2.04. The van der Waals surface area contributed by atoms with E-state index in [9.17, 15) is 0 Å². The zero-order valence-corrected chi connectivity index (χ0v) is 12.5. The average molecular weight is 288 g/mol. The van der Waals surface area contributed by atoms with E-state index < -0.39 is 0 Å². The summed E-state index contributed by atoms with van der Waals surface area (Å²) in [7, 11) is 0. The number of likely N-dealkylation sites (tertiary alicyclic amines) is 1. The van der Waals surface area contributed by atoms with Crippen molar-refractivity contribution in [1.29, 1.82) is 0 Å². The molecule has 4 rings (SSSR count). The second kappa shape index (κ2) is 5.85. The summed E-state index contributed by atoms with van der Waals surface area (Å²) in [5.74, 6) is 1.77. The van der Waals surface area contributed by atoms with E-state index >= 15 is 0 Å². The topological polar surface area (TPSA) is 33.7 Å². The van der Waals surface area contributed by atoms with Crippen LogP contribution in [0.2, 0.25) is 0 Å². The maximum Gasteiger partial charge on any atom is 0.161 e. The van der Waals surface area contributed by atoms with Gasteiger partial charge in [0.2, 0.25) is 0 Å². The molecule has 0 bridgehead atoms. The molecule has 4 heteroatoms. The Bertz CT molecular complexity index is 487. The van der Waals surface area contributed by atoms with Gasteiger partial charge in [-0.25, -0.2) is 0 Å². The first-order chi connectivity index (χ1) is 10.4. The fourth-order valence-electron chi connectivity index (χ4n) is 3.99. The van der Waals surface area contributed by atoms with Crippen LogP contribution in [0.5, 0.6) is 11.5 Å². The Kier molecular flexibility index (Phi) is 3.74. The number of hydrogen-bond acceptors (Lipinski definition) is 4. The average Bonchev–Trinajstić information content (AvgIpc) is 3.18. The van der Waals surface area contributed by atoms with Crippen molar-refractivity contribution in [3.05, 3.63) is 24.3 Å². The van der Waals surface area contributed by atoms with Gasteiger partial charge in [-0.2, -0.15) is 0 Å². The molecule has 3 unspecified atom stereocenters. The van der Waals surface area contributed by atoms with Crippen LogP contribution in [-0.4, -0.2) is 49.3 Å². The third kappa shape index (κ3) is 2.74. The first-order valence-electron chi connectivity index (χ1n) is 8.26. The molecule has 1 aromatic carbocycles. The zero-order valence-electron chi connectivity index (χ0n) is 12.5. The van der Waals surface area contributed by atoms with Crippen molar-refractivity contribution < 1.29 is 9.47 Å². The van der Waals surface area contributed by atoms with Gasteiger partial charge in [-0.3, -0.25) is 4.90 Å². The molecule has 0 saturated carbocycles. The van der Waals surface area contributed by atoms with E-state index in [0.29, 0.717) is 18.7 Å². The van der Waals surface area contributed by atoms with Gasteiger partial charge in [-0.1, -0.05) is 12.1 Å². The van der Waals surface area contributed by atoms with Crippen LogP contribution in [0.3, 0.4) is 0 Å². The highest BCUT2D eigenvalue weighted by Gasteiger charge is 2.35. The zero-order chi connectivity index (χ0) is 14.1. The van der Waals surface area contributed by atoms with E-state index in [1.54, 1.807) is 0 Å². The molecule has 0 aliphatic carbocycles. The number of rotatable bonds is 3. The number of para-hydroxylation sites is 2. The third-order valence-corrected chi connectivity index (χ3v) is 4.98. The normalized spacial score (nSPS) is 32.5. The second-order valence-electron chi connectivity index (χ2n) is 6.40. The molecule has 2 saturated heterocycles. The molecule has 21 heavy (non-hydrogen) atoms. The second-order valence-corrected chi connectivity index (χ2v) is 6.40. The van der Waals surface area contributed by atoms with Gasteiger partial charge >= 0.3 is 0 Å². The third-order valence-electron chi connectivity index (χ3n) is 4.98. The SMILES string of the molecule is c1ccc2c(c1)OCC(CN1CCCC1C1CCCN1)O2.